The molecular formula is C17H23NO4. The van der Waals surface area contributed by atoms with Gasteiger partial charge in [-0.3, -0.25) is 4.79 Å². The van der Waals surface area contributed by atoms with E-state index < -0.39 is 17.4 Å². The van der Waals surface area contributed by atoms with Crippen LogP contribution in [-0.4, -0.2) is 30.1 Å². The number of amides is 1. The van der Waals surface area contributed by atoms with Crippen molar-refractivity contribution in [3.8, 4) is 5.75 Å². The second-order valence-electron chi connectivity index (χ2n) is 5.58. The molecule has 22 heavy (non-hydrogen) atoms. The van der Waals surface area contributed by atoms with Gasteiger partial charge in [0.15, 0.2) is 0 Å². The zero-order valence-electron chi connectivity index (χ0n) is 13.3. The average molecular weight is 305 g/mol. The maximum absolute atomic E-state index is 12.5. The van der Waals surface area contributed by atoms with Gasteiger partial charge < -0.3 is 15.2 Å². The molecule has 0 aliphatic rings. The molecule has 0 fully saturated rings. The second kappa shape index (κ2) is 7.64. The van der Waals surface area contributed by atoms with E-state index in [1.807, 2.05) is 0 Å². The highest BCUT2D eigenvalue weighted by Crippen LogP contribution is 2.25. The average Bonchev–Trinajstić information content (AvgIpc) is 2.50. The highest BCUT2D eigenvalue weighted by Gasteiger charge is 2.32. The number of hydrogen-bond acceptors (Lipinski definition) is 3. The molecule has 0 bridgehead atoms. The summed E-state index contributed by atoms with van der Waals surface area (Å²) in [6, 6.07) is 6.24. The van der Waals surface area contributed by atoms with Crippen LogP contribution in [0.2, 0.25) is 0 Å². The fourth-order valence-corrected chi connectivity index (χ4v) is 2.02. The van der Waals surface area contributed by atoms with Crippen LogP contribution in [0.25, 0.3) is 0 Å². The maximum Gasteiger partial charge on any atom is 0.326 e. The monoisotopic (exact) mass is 305 g/mol. The highest BCUT2D eigenvalue weighted by atomic mass is 16.5. The van der Waals surface area contributed by atoms with Crippen LogP contribution in [0.4, 0.5) is 0 Å². The van der Waals surface area contributed by atoms with Gasteiger partial charge in [-0.25, -0.2) is 4.79 Å². The Balaban J connectivity index is 2.87. The molecule has 5 heteroatoms. The van der Waals surface area contributed by atoms with Gasteiger partial charge in [0.2, 0.25) is 5.91 Å². The first-order valence-corrected chi connectivity index (χ1v) is 7.12. The number of allylic oxidation sites excluding steroid dienone is 1. The van der Waals surface area contributed by atoms with Crippen LogP contribution < -0.4 is 10.1 Å². The third kappa shape index (κ3) is 4.35. The SMILES string of the molecule is C=CCCC(NC(=O)C(C)(C)c1ccc(OC)cc1)C(=O)O. The first-order chi connectivity index (χ1) is 10.3. The van der Waals surface area contributed by atoms with Crippen molar-refractivity contribution in [3.63, 3.8) is 0 Å². The third-order valence-corrected chi connectivity index (χ3v) is 3.64. The molecule has 0 aromatic heterocycles. The van der Waals surface area contributed by atoms with Crippen molar-refractivity contribution in [2.75, 3.05) is 7.11 Å². The Hall–Kier alpha value is -2.30. The van der Waals surface area contributed by atoms with E-state index in [0.29, 0.717) is 18.6 Å². The van der Waals surface area contributed by atoms with E-state index in [-0.39, 0.29) is 5.91 Å². The summed E-state index contributed by atoms with van der Waals surface area (Å²) in [5, 5.41) is 11.8. The summed E-state index contributed by atoms with van der Waals surface area (Å²) in [6.07, 6.45) is 2.49. The van der Waals surface area contributed by atoms with Gasteiger partial charge in [-0.1, -0.05) is 18.2 Å². The Morgan fingerprint density at radius 2 is 1.95 bits per heavy atom. The van der Waals surface area contributed by atoms with Gasteiger partial charge in [0.25, 0.3) is 0 Å². The molecule has 1 rings (SSSR count). The lowest BCUT2D eigenvalue weighted by molar-refractivity contribution is -0.142. The van der Waals surface area contributed by atoms with Gasteiger partial charge in [-0.05, 0) is 44.4 Å². The lowest BCUT2D eigenvalue weighted by Gasteiger charge is -2.26. The van der Waals surface area contributed by atoms with Crippen molar-refractivity contribution in [2.45, 2.75) is 38.1 Å². The number of ether oxygens (including phenoxy) is 1. The van der Waals surface area contributed by atoms with Crippen LogP contribution in [-0.2, 0) is 15.0 Å². The predicted molar refractivity (Wildman–Crippen MR) is 85.0 cm³/mol. The van der Waals surface area contributed by atoms with E-state index in [2.05, 4.69) is 11.9 Å². The predicted octanol–water partition coefficient (Wildman–Crippen LogP) is 2.51. The highest BCUT2D eigenvalue weighted by molar-refractivity contribution is 5.90. The Bertz CT molecular complexity index is 534. The molecule has 0 spiro atoms. The number of carboxylic acid groups (broad SMARTS) is 1. The molecule has 0 heterocycles. The molecular weight excluding hydrogens is 282 g/mol. The number of hydrogen-bond donors (Lipinski definition) is 2. The topological polar surface area (TPSA) is 75.6 Å². The number of carboxylic acids is 1. The van der Waals surface area contributed by atoms with E-state index in [1.165, 1.54) is 0 Å². The zero-order chi connectivity index (χ0) is 16.8. The van der Waals surface area contributed by atoms with Crippen molar-refractivity contribution >= 4 is 11.9 Å². The molecule has 1 aromatic carbocycles. The minimum absolute atomic E-state index is 0.323. The lowest BCUT2D eigenvalue weighted by Crippen LogP contribution is -2.48. The van der Waals surface area contributed by atoms with Crippen molar-refractivity contribution in [1.29, 1.82) is 0 Å². The molecule has 1 aromatic rings. The van der Waals surface area contributed by atoms with Crippen molar-refractivity contribution in [3.05, 3.63) is 42.5 Å². The third-order valence-electron chi connectivity index (χ3n) is 3.64. The molecule has 5 nitrogen and oxygen atoms in total. The molecule has 1 atom stereocenters. The van der Waals surface area contributed by atoms with Crippen LogP contribution in [0, 0.1) is 0 Å². The van der Waals surface area contributed by atoms with E-state index >= 15 is 0 Å². The fraction of sp³-hybridized carbons (Fsp3) is 0.412. The van der Waals surface area contributed by atoms with Gasteiger partial charge in [0.05, 0.1) is 12.5 Å². The van der Waals surface area contributed by atoms with Gasteiger partial charge >= 0.3 is 5.97 Å². The quantitative estimate of drug-likeness (QED) is 0.724. The molecule has 0 radical (unpaired) electrons. The lowest BCUT2D eigenvalue weighted by atomic mass is 9.83. The van der Waals surface area contributed by atoms with Gasteiger partial charge in [0.1, 0.15) is 11.8 Å². The number of carbonyl (C=O) groups excluding carboxylic acids is 1. The van der Waals surface area contributed by atoms with E-state index in [4.69, 9.17) is 4.74 Å². The fourth-order valence-electron chi connectivity index (χ4n) is 2.02. The molecule has 0 saturated heterocycles. The largest absolute Gasteiger partial charge is 0.497 e. The second-order valence-corrected chi connectivity index (χ2v) is 5.58. The summed E-state index contributed by atoms with van der Waals surface area (Å²) in [6.45, 7) is 7.09. The van der Waals surface area contributed by atoms with Crippen LogP contribution in [0.1, 0.15) is 32.3 Å². The number of methoxy groups -OCH3 is 1. The van der Waals surface area contributed by atoms with Gasteiger partial charge in [-0.15, -0.1) is 6.58 Å². The van der Waals surface area contributed by atoms with Crippen LogP contribution in [0.3, 0.4) is 0 Å². The van der Waals surface area contributed by atoms with Crippen molar-refractivity contribution in [2.24, 2.45) is 0 Å². The normalized spacial score (nSPS) is 12.3. The van der Waals surface area contributed by atoms with E-state index in [0.717, 1.165) is 5.56 Å². The first kappa shape index (κ1) is 17.8. The molecule has 1 amide bonds. The van der Waals surface area contributed by atoms with E-state index in [1.54, 1.807) is 51.3 Å². The Morgan fingerprint density at radius 3 is 2.41 bits per heavy atom. The Morgan fingerprint density at radius 1 is 1.36 bits per heavy atom. The molecule has 0 aliphatic carbocycles. The number of carbonyl (C=O) groups is 2. The summed E-state index contributed by atoms with van der Waals surface area (Å²) in [7, 11) is 1.57. The minimum Gasteiger partial charge on any atom is -0.497 e. The maximum atomic E-state index is 12.5. The smallest absolute Gasteiger partial charge is 0.326 e. The number of nitrogens with one attached hydrogen (secondary N) is 1. The molecule has 1 unspecified atom stereocenters. The number of aliphatic carboxylic acids is 1. The standard InChI is InChI=1S/C17H23NO4/c1-5-6-7-14(15(19)20)18-16(21)17(2,3)12-8-10-13(22-4)11-9-12/h5,8-11,14H,1,6-7H2,2-4H3,(H,18,21)(H,19,20). The molecule has 2 N–H and O–H groups in total. The summed E-state index contributed by atoms with van der Waals surface area (Å²) in [4.78, 5) is 23.7. The molecule has 0 aliphatic heterocycles. The number of benzene rings is 1. The van der Waals surface area contributed by atoms with Gasteiger partial charge in [0, 0.05) is 0 Å². The first-order valence-electron chi connectivity index (χ1n) is 7.12. The van der Waals surface area contributed by atoms with Crippen molar-refractivity contribution < 1.29 is 19.4 Å². The zero-order valence-corrected chi connectivity index (χ0v) is 13.3. The summed E-state index contributed by atoms with van der Waals surface area (Å²) in [5.41, 5.74) is -0.0487. The summed E-state index contributed by atoms with van der Waals surface area (Å²) in [5.74, 6) is -0.663. The van der Waals surface area contributed by atoms with Crippen LogP contribution >= 0.6 is 0 Å². The van der Waals surface area contributed by atoms with E-state index in [9.17, 15) is 14.7 Å². The van der Waals surface area contributed by atoms with Crippen LogP contribution in [0.15, 0.2) is 36.9 Å². The molecule has 120 valence electrons. The minimum atomic E-state index is -1.04. The molecule has 0 saturated carbocycles. The number of rotatable bonds is 8. The van der Waals surface area contributed by atoms with Crippen molar-refractivity contribution in [1.82, 2.24) is 5.32 Å². The van der Waals surface area contributed by atoms with Gasteiger partial charge in [-0.2, -0.15) is 0 Å². The Kier molecular flexibility index (Phi) is 6.16. The Labute approximate surface area is 131 Å². The summed E-state index contributed by atoms with van der Waals surface area (Å²) < 4.78 is 5.09. The van der Waals surface area contributed by atoms with Crippen LogP contribution in [0.5, 0.6) is 5.75 Å². The summed E-state index contributed by atoms with van der Waals surface area (Å²) >= 11 is 0.